The first-order valence-electron chi connectivity index (χ1n) is 9.67. The van der Waals surface area contributed by atoms with Crippen LogP contribution in [-0.2, 0) is 19.8 Å². The molecule has 30 heavy (non-hydrogen) atoms. The zero-order valence-electron chi connectivity index (χ0n) is 17.1. The van der Waals surface area contributed by atoms with Crippen molar-refractivity contribution in [1.82, 2.24) is 0 Å². The zero-order chi connectivity index (χ0) is 21.3. The van der Waals surface area contributed by atoms with E-state index in [1.165, 1.54) is 7.11 Å². The molecule has 0 fully saturated rings. The van der Waals surface area contributed by atoms with Crippen molar-refractivity contribution < 1.29 is 24.1 Å². The van der Waals surface area contributed by atoms with Gasteiger partial charge in [-0.15, -0.1) is 0 Å². The molecule has 0 saturated carbocycles. The summed E-state index contributed by atoms with van der Waals surface area (Å²) in [5, 5.41) is 9.70. The molecule has 0 aliphatic heterocycles. The quantitative estimate of drug-likeness (QED) is 0.468. The Bertz CT molecular complexity index is 959. The number of rotatable bonds is 10. The molecule has 0 aliphatic rings. The average Bonchev–Trinajstić information content (AvgIpc) is 2.78. The fourth-order valence-corrected chi connectivity index (χ4v) is 3.21. The highest BCUT2D eigenvalue weighted by Crippen LogP contribution is 2.37. The van der Waals surface area contributed by atoms with Gasteiger partial charge in [0.05, 0.1) is 25.3 Å². The number of ether oxygens (including phenoxy) is 4. The topological polar surface area (TPSA) is 57.2 Å². The first-order valence-corrected chi connectivity index (χ1v) is 10.0. The van der Waals surface area contributed by atoms with Crippen LogP contribution in [0.2, 0.25) is 5.02 Å². The Balaban J connectivity index is 1.73. The molecule has 0 aromatic heterocycles. The number of hydrogen-bond donors (Lipinski definition) is 1. The lowest BCUT2D eigenvalue weighted by atomic mass is 10.2. The summed E-state index contributed by atoms with van der Waals surface area (Å²) in [5.41, 5.74) is 2.64. The van der Waals surface area contributed by atoms with E-state index in [0.717, 1.165) is 11.1 Å². The Morgan fingerprint density at radius 1 is 0.767 bits per heavy atom. The molecule has 3 aromatic carbocycles. The highest BCUT2D eigenvalue weighted by atomic mass is 35.5. The molecule has 0 radical (unpaired) electrons. The van der Waals surface area contributed by atoms with Gasteiger partial charge in [0.1, 0.15) is 13.2 Å². The third-order valence-electron chi connectivity index (χ3n) is 4.40. The minimum atomic E-state index is -0.126. The monoisotopic (exact) mass is 428 g/mol. The van der Waals surface area contributed by atoms with Crippen LogP contribution in [0.4, 0.5) is 0 Å². The third kappa shape index (κ3) is 5.59. The molecule has 0 atom stereocenters. The van der Waals surface area contributed by atoms with Crippen molar-refractivity contribution in [2.45, 2.75) is 26.7 Å². The Labute approximate surface area is 181 Å². The van der Waals surface area contributed by atoms with Gasteiger partial charge in [-0.3, -0.25) is 0 Å². The number of benzene rings is 3. The number of aliphatic hydroxyl groups is 1. The molecule has 5 nitrogen and oxygen atoms in total. The van der Waals surface area contributed by atoms with E-state index >= 15 is 0 Å². The second kappa shape index (κ2) is 10.8. The predicted molar refractivity (Wildman–Crippen MR) is 117 cm³/mol. The van der Waals surface area contributed by atoms with Crippen LogP contribution in [0.3, 0.4) is 0 Å². The van der Waals surface area contributed by atoms with Gasteiger partial charge in [-0.1, -0.05) is 48.0 Å². The fourth-order valence-electron chi connectivity index (χ4n) is 2.93. The predicted octanol–water partition coefficient (Wildman–Crippen LogP) is 5.40. The number of halogens is 1. The first-order chi connectivity index (χ1) is 14.6. The van der Waals surface area contributed by atoms with Crippen LogP contribution in [-0.4, -0.2) is 18.8 Å². The van der Waals surface area contributed by atoms with E-state index in [2.05, 4.69) is 0 Å². The van der Waals surface area contributed by atoms with Crippen molar-refractivity contribution >= 4 is 11.6 Å². The normalized spacial score (nSPS) is 10.5. The Morgan fingerprint density at radius 3 is 2.20 bits per heavy atom. The lowest BCUT2D eigenvalue weighted by Crippen LogP contribution is -2.03. The van der Waals surface area contributed by atoms with Crippen molar-refractivity contribution in [3.05, 3.63) is 82.4 Å². The van der Waals surface area contributed by atoms with Crippen LogP contribution in [0, 0.1) is 0 Å². The van der Waals surface area contributed by atoms with Crippen molar-refractivity contribution in [3.8, 4) is 23.0 Å². The van der Waals surface area contributed by atoms with E-state index in [1.54, 1.807) is 12.1 Å². The van der Waals surface area contributed by atoms with E-state index in [1.807, 2.05) is 55.5 Å². The first kappa shape index (κ1) is 21.8. The molecule has 3 rings (SSSR count). The molecule has 158 valence electrons. The van der Waals surface area contributed by atoms with E-state index < -0.39 is 0 Å². The molecule has 3 aromatic rings. The molecule has 1 N–H and O–H groups in total. The maximum absolute atomic E-state index is 9.32. The summed E-state index contributed by atoms with van der Waals surface area (Å²) in [6, 6.07) is 19.0. The summed E-state index contributed by atoms with van der Waals surface area (Å²) in [6.07, 6.45) is 0. The summed E-state index contributed by atoms with van der Waals surface area (Å²) in [5.74, 6) is 2.23. The molecule has 0 bridgehead atoms. The average molecular weight is 429 g/mol. The minimum absolute atomic E-state index is 0.126. The smallest absolute Gasteiger partial charge is 0.180 e. The van der Waals surface area contributed by atoms with Crippen molar-refractivity contribution in [2.75, 3.05) is 13.7 Å². The SMILES string of the molecule is CCOc1cc(COc2c(Cl)cc(CO)cc2OC)ccc1OCc1ccccc1. The lowest BCUT2D eigenvalue weighted by molar-refractivity contribution is 0.264. The standard InChI is InChI=1S/C24H25ClO5/c1-3-28-22-12-18(9-10-21(22)29-15-17-7-5-4-6-8-17)16-30-24-20(25)11-19(14-26)13-23(24)27-2/h4-13,26H,3,14-16H2,1-2H3. The largest absolute Gasteiger partial charge is 0.493 e. The van der Waals surface area contributed by atoms with Gasteiger partial charge in [-0.2, -0.15) is 0 Å². The van der Waals surface area contributed by atoms with Crippen LogP contribution >= 0.6 is 11.6 Å². The van der Waals surface area contributed by atoms with E-state index in [-0.39, 0.29) is 13.2 Å². The van der Waals surface area contributed by atoms with Gasteiger partial charge < -0.3 is 24.1 Å². The number of hydrogen-bond acceptors (Lipinski definition) is 5. The Hall–Kier alpha value is -2.89. The van der Waals surface area contributed by atoms with Crippen LogP contribution in [0.15, 0.2) is 60.7 Å². The maximum atomic E-state index is 9.32. The number of aliphatic hydroxyl groups excluding tert-OH is 1. The van der Waals surface area contributed by atoms with E-state index in [4.69, 9.17) is 30.5 Å². The van der Waals surface area contributed by atoms with E-state index in [9.17, 15) is 5.11 Å². The van der Waals surface area contributed by atoms with Gasteiger partial charge in [0.2, 0.25) is 0 Å². The van der Waals surface area contributed by atoms with Crippen molar-refractivity contribution in [1.29, 1.82) is 0 Å². The molecule has 0 saturated heterocycles. The van der Waals surface area contributed by atoms with Crippen LogP contribution < -0.4 is 18.9 Å². The van der Waals surface area contributed by atoms with Gasteiger partial charge >= 0.3 is 0 Å². The zero-order valence-corrected chi connectivity index (χ0v) is 17.8. The Morgan fingerprint density at radius 2 is 1.50 bits per heavy atom. The highest BCUT2D eigenvalue weighted by Gasteiger charge is 2.13. The fraction of sp³-hybridized carbons (Fsp3) is 0.250. The summed E-state index contributed by atoms with van der Waals surface area (Å²) in [4.78, 5) is 0. The van der Waals surface area contributed by atoms with Crippen molar-refractivity contribution in [2.24, 2.45) is 0 Å². The molecular weight excluding hydrogens is 404 g/mol. The van der Waals surface area contributed by atoms with E-state index in [0.29, 0.717) is 46.8 Å². The molecule has 0 amide bonds. The van der Waals surface area contributed by atoms with Gasteiger partial charge in [-0.25, -0.2) is 0 Å². The molecular formula is C24H25ClO5. The summed E-state index contributed by atoms with van der Waals surface area (Å²) < 4.78 is 23.0. The van der Waals surface area contributed by atoms with Gasteiger partial charge in [-0.05, 0) is 47.9 Å². The third-order valence-corrected chi connectivity index (χ3v) is 4.68. The summed E-state index contributed by atoms with van der Waals surface area (Å²) in [7, 11) is 1.53. The molecule has 0 aliphatic carbocycles. The maximum Gasteiger partial charge on any atom is 0.180 e. The summed E-state index contributed by atoms with van der Waals surface area (Å²) in [6.45, 7) is 3.05. The molecule has 0 heterocycles. The van der Waals surface area contributed by atoms with Gasteiger partial charge in [0, 0.05) is 0 Å². The van der Waals surface area contributed by atoms with Gasteiger partial charge in [0.15, 0.2) is 23.0 Å². The van der Waals surface area contributed by atoms with Gasteiger partial charge in [0.25, 0.3) is 0 Å². The number of methoxy groups -OCH3 is 1. The van der Waals surface area contributed by atoms with Crippen molar-refractivity contribution in [3.63, 3.8) is 0 Å². The summed E-state index contributed by atoms with van der Waals surface area (Å²) >= 11 is 6.30. The van der Waals surface area contributed by atoms with Crippen LogP contribution in [0.25, 0.3) is 0 Å². The highest BCUT2D eigenvalue weighted by molar-refractivity contribution is 6.32. The second-order valence-electron chi connectivity index (χ2n) is 6.54. The minimum Gasteiger partial charge on any atom is -0.493 e. The molecule has 6 heteroatoms. The lowest BCUT2D eigenvalue weighted by Gasteiger charge is -2.16. The molecule has 0 spiro atoms. The Kier molecular flexibility index (Phi) is 7.82. The van der Waals surface area contributed by atoms with Crippen LogP contribution in [0.1, 0.15) is 23.6 Å². The molecule has 0 unspecified atom stereocenters. The second-order valence-corrected chi connectivity index (χ2v) is 6.95. The van der Waals surface area contributed by atoms with Crippen LogP contribution in [0.5, 0.6) is 23.0 Å².